The summed E-state index contributed by atoms with van der Waals surface area (Å²) in [4.78, 5) is 42.3. The number of hydrogen-bond acceptors (Lipinski definition) is 10. The summed E-state index contributed by atoms with van der Waals surface area (Å²) in [5.41, 5.74) is 3.45. The highest BCUT2D eigenvalue weighted by Crippen LogP contribution is 2.37. The Morgan fingerprint density at radius 1 is 1.18 bits per heavy atom. The van der Waals surface area contributed by atoms with E-state index in [1.165, 1.54) is 23.5 Å². The molecule has 3 aliphatic rings. The summed E-state index contributed by atoms with van der Waals surface area (Å²) in [5, 5.41) is 5.88. The van der Waals surface area contributed by atoms with E-state index in [2.05, 4.69) is 35.9 Å². The van der Waals surface area contributed by atoms with E-state index in [1.807, 2.05) is 34.5 Å². The minimum absolute atomic E-state index is 0.0450. The number of aromatic nitrogens is 1. The average Bonchev–Trinajstić information content (AvgIpc) is 3.71. The van der Waals surface area contributed by atoms with Crippen molar-refractivity contribution in [3.8, 4) is 0 Å². The van der Waals surface area contributed by atoms with Gasteiger partial charge in [0.25, 0.3) is 0 Å². The van der Waals surface area contributed by atoms with Crippen molar-refractivity contribution in [1.29, 1.82) is 0 Å². The number of aliphatic imine (C=N–C) groups is 1. The number of urea groups is 1. The zero-order valence-electron chi connectivity index (χ0n) is 27.1. The van der Waals surface area contributed by atoms with Crippen molar-refractivity contribution in [3.63, 3.8) is 0 Å². The summed E-state index contributed by atoms with van der Waals surface area (Å²) < 4.78 is 45.2. The van der Waals surface area contributed by atoms with Gasteiger partial charge in [-0.15, -0.1) is 11.3 Å². The Balaban J connectivity index is 1.20. The number of piperazine rings is 1. The molecule has 0 unspecified atom stereocenters. The molecule has 0 bridgehead atoms. The van der Waals surface area contributed by atoms with Gasteiger partial charge in [0.15, 0.2) is 10.8 Å². The number of anilines is 1. The molecule has 4 heterocycles. The summed E-state index contributed by atoms with van der Waals surface area (Å²) in [6.45, 7) is 4.88. The van der Waals surface area contributed by atoms with Crippen molar-refractivity contribution in [3.05, 3.63) is 91.7 Å². The molecule has 2 amide bonds. The molecule has 2 saturated heterocycles. The number of aryl methyl sites for hydroxylation is 1. The molecule has 3 aromatic rings. The number of esters is 1. The van der Waals surface area contributed by atoms with Crippen LogP contribution in [0.25, 0.3) is 0 Å². The van der Waals surface area contributed by atoms with Gasteiger partial charge in [-0.05, 0) is 55.2 Å². The first-order valence-corrected chi connectivity index (χ1v) is 19.5. The normalized spacial score (nSPS) is 19.9. The zero-order valence-corrected chi connectivity index (χ0v) is 30.3. The Bertz CT molecular complexity index is 1870. The first-order chi connectivity index (χ1) is 23.5. The van der Waals surface area contributed by atoms with E-state index in [9.17, 15) is 22.4 Å². The molecule has 49 heavy (non-hydrogen) atoms. The molecule has 2 N–H and O–H groups in total. The van der Waals surface area contributed by atoms with E-state index >= 15 is 0 Å². The van der Waals surface area contributed by atoms with Gasteiger partial charge in [-0.25, -0.2) is 32.1 Å². The number of benzene rings is 2. The Hall–Kier alpha value is -3.70. The van der Waals surface area contributed by atoms with Gasteiger partial charge in [0.1, 0.15) is 11.9 Å². The number of carbonyl (C=O) groups excluding carboxylic acids is 2. The van der Waals surface area contributed by atoms with Crippen LogP contribution in [0.1, 0.15) is 35.5 Å². The second-order valence-corrected chi connectivity index (χ2v) is 15.6. The molecule has 0 spiro atoms. The van der Waals surface area contributed by atoms with Gasteiger partial charge in [-0.1, -0.05) is 34.1 Å². The molecular weight excluding hydrogens is 737 g/mol. The fourth-order valence-electron chi connectivity index (χ4n) is 6.31. The Morgan fingerprint density at radius 2 is 1.98 bits per heavy atom. The quantitative estimate of drug-likeness (QED) is 0.208. The minimum atomic E-state index is -3.21. The second kappa shape index (κ2) is 15.0. The van der Waals surface area contributed by atoms with Gasteiger partial charge in [0.05, 0.1) is 24.5 Å². The van der Waals surface area contributed by atoms with Crippen LogP contribution in [0.5, 0.6) is 0 Å². The first kappa shape index (κ1) is 35.1. The number of halogens is 2. The van der Waals surface area contributed by atoms with Gasteiger partial charge >= 0.3 is 12.0 Å². The summed E-state index contributed by atoms with van der Waals surface area (Å²) in [5.74, 6) is -0.414. The van der Waals surface area contributed by atoms with E-state index in [0.717, 1.165) is 17.5 Å². The number of amides is 2. The summed E-state index contributed by atoms with van der Waals surface area (Å²) >= 11 is 4.89. The number of rotatable bonds is 12. The van der Waals surface area contributed by atoms with Crippen molar-refractivity contribution < 1.29 is 27.1 Å². The summed E-state index contributed by atoms with van der Waals surface area (Å²) in [6, 6.07) is 11.3. The highest BCUT2D eigenvalue weighted by Gasteiger charge is 2.42. The number of thiazole rings is 1. The number of nitrogens with one attached hydrogen (secondary N) is 2. The van der Waals surface area contributed by atoms with Crippen LogP contribution < -0.4 is 14.9 Å². The van der Waals surface area contributed by atoms with Crippen molar-refractivity contribution in [1.82, 2.24) is 24.8 Å². The van der Waals surface area contributed by atoms with Crippen LogP contribution in [0.4, 0.5) is 14.9 Å². The third-order valence-corrected chi connectivity index (χ3v) is 10.8. The second-order valence-electron chi connectivity index (χ2n) is 12.0. The summed E-state index contributed by atoms with van der Waals surface area (Å²) in [6.07, 6.45) is 4.22. The maximum Gasteiger partial charge on any atom is 0.338 e. The van der Waals surface area contributed by atoms with Gasteiger partial charge in [0, 0.05) is 66.7 Å². The number of nitrogens with zero attached hydrogens (tertiary/aromatic N) is 5. The average molecular weight is 775 g/mol. The first-order valence-electron chi connectivity index (χ1n) is 15.9. The lowest BCUT2D eigenvalue weighted by Crippen LogP contribution is -2.53. The third kappa shape index (κ3) is 8.20. The fourth-order valence-corrected chi connectivity index (χ4v) is 7.98. The molecule has 0 saturated carbocycles. The van der Waals surface area contributed by atoms with Gasteiger partial charge in [-0.2, -0.15) is 0 Å². The summed E-state index contributed by atoms with van der Waals surface area (Å²) in [7, 11) is -3.21. The molecule has 0 radical (unpaired) electrons. The van der Waals surface area contributed by atoms with Crippen molar-refractivity contribution >= 4 is 60.8 Å². The lowest BCUT2D eigenvalue weighted by Gasteiger charge is -2.38. The van der Waals surface area contributed by atoms with Gasteiger partial charge in [0.2, 0.25) is 10.0 Å². The van der Waals surface area contributed by atoms with Crippen molar-refractivity contribution in [2.75, 3.05) is 57.0 Å². The Morgan fingerprint density at radius 3 is 2.67 bits per heavy atom. The maximum absolute atomic E-state index is 14.1. The molecule has 2 fully saturated rings. The van der Waals surface area contributed by atoms with Crippen LogP contribution in [0.3, 0.4) is 0 Å². The van der Waals surface area contributed by atoms with E-state index in [1.54, 1.807) is 24.1 Å². The molecule has 0 aliphatic carbocycles. The fraction of sp³-hybridized carbons (Fsp3) is 0.394. The molecule has 16 heteroatoms. The molecule has 1 aromatic heterocycles. The lowest BCUT2D eigenvalue weighted by molar-refractivity contribution is -0.139. The monoisotopic (exact) mass is 773 g/mol. The van der Waals surface area contributed by atoms with Crippen LogP contribution in [0.2, 0.25) is 0 Å². The Kier molecular flexibility index (Phi) is 10.8. The van der Waals surface area contributed by atoms with Crippen LogP contribution in [-0.4, -0.2) is 99.2 Å². The molecule has 2 atom stereocenters. The zero-order chi connectivity index (χ0) is 34.7. The van der Waals surface area contributed by atoms with E-state index in [4.69, 9.17) is 9.73 Å². The van der Waals surface area contributed by atoms with Crippen LogP contribution in [0, 0.1) is 5.82 Å². The number of hydrogen-bond donors (Lipinski definition) is 2. The molecule has 12 nitrogen and oxygen atoms in total. The van der Waals surface area contributed by atoms with Crippen molar-refractivity contribution in [2.24, 2.45) is 4.99 Å². The largest absolute Gasteiger partial charge is 0.463 e. The number of fused-ring (bicyclic) bond motifs is 1. The van der Waals surface area contributed by atoms with Gasteiger partial charge < -0.3 is 15.0 Å². The number of ether oxygens (including phenoxy) is 1. The minimum Gasteiger partial charge on any atom is -0.463 e. The SMILES string of the molecule is CCOC(=O)C1=C(CN2CCN3C(=O)N(c4ccc(CCCNS(C)(=O)=O)cc4)C[C@@H]3C2)NC(c2nccs2)=N[C@H]1c1ccc(F)cc1Br. The predicted molar refractivity (Wildman–Crippen MR) is 190 cm³/mol. The standard InChI is InChI=1S/C33H37BrFN7O5S2/c1-3-47-32(43)28-27(38-30(31-36-13-16-48-31)39-29(28)25-11-8-22(35)17-26(25)34)20-40-14-15-41-24(18-40)19-42(33(41)44)23-9-6-21(7-10-23)5-4-12-37-49(2,45)46/h6-11,13,16-17,24,29,37H,3-5,12,14-15,18-20H2,1-2H3,(H,38,39)/t24-,29-/m0/s1. The van der Waals surface area contributed by atoms with E-state index in [-0.39, 0.29) is 18.7 Å². The van der Waals surface area contributed by atoms with E-state index < -0.39 is 27.9 Å². The number of carbonyl (C=O) groups is 2. The predicted octanol–water partition coefficient (Wildman–Crippen LogP) is 4.06. The van der Waals surface area contributed by atoms with Gasteiger partial charge in [-0.3, -0.25) is 14.8 Å². The maximum atomic E-state index is 14.1. The van der Waals surface area contributed by atoms with Crippen LogP contribution in [-0.2, 0) is 26.0 Å². The topological polar surface area (TPSA) is 137 Å². The highest BCUT2D eigenvalue weighted by molar-refractivity contribution is 9.10. The molecular formula is C33H37BrFN7O5S2. The lowest BCUT2D eigenvalue weighted by atomic mass is 9.95. The molecule has 3 aliphatic heterocycles. The molecule has 6 rings (SSSR count). The Labute approximate surface area is 297 Å². The smallest absolute Gasteiger partial charge is 0.338 e. The highest BCUT2D eigenvalue weighted by atomic mass is 79.9. The number of sulfonamides is 1. The molecule has 2 aromatic carbocycles. The molecule has 260 valence electrons. The number of amidine groups is 1. The van der Waals surface area contributed by atoms with Crippen LogP contribution >= 0.6 is 27.3 Å². The van der Waals surface area contributed by atoms with E-state index in [0.29, 0.717) is 84.3 Å². The third-order valence-electron chi connectivity index (χ3n) is 8.59. The van der Waals surface area contributed by atoms with Crippen molar-refractivity contribution in [2.45, 2.75) is 31.8 Å². The van der Waals surface area contributed by atoms with Crippen LogP contribution in [0.15, 0.2) is 74.8 Å².